The van der Waals surface area contributed by atoms with Gasteiger partial charge in [0.2, 0.25) is 0 Å². The number of rotatable bonds is 7. The van der Waals surface area contributed by atoms with E-state index in [9.17, 15) is 18.7 Å². The molecule has 2 aromatic carbocycles. The number of carbonyl (C=O) groups is 1. The fourth-order valence-electron chi connectivity index (χ4n) is 6.06. The topological polar surface area (TPSA) is 74.1 Å². The van der Waals surface area contributed by atoms with Crippen LogP contribution in [0.5, 0.6) is 0 Å². The van der Waals surface area contributed by atoms with Crippen molar-refractivity contribution >= 4 is 41.4 Å². The van der Waals surface area contributed by atoms with Gasteiger partial charge in [0.1, 0.15) is 11.3 Å². The molecule has 0 saturated carbocycles. The first-order chi connectivity index (χ1) is 19.4. The number of carboxylic acids is 1. The van der Waals surface area contributed by atoms with Crippen LogP contribution in [0.2, 0.25) is 5.02 Å². The van der Waals surface area contributed by atoms with Crippen molar-refractivity contribution in [2.24, 2.45) is 0 Å². The molecule has 0 spiro atoms. The second kappa shape index (κ2) is 12.5. The third-order valence-corrected chi connectivity index (χ3v) is 8.54. The highest BCUT2D eigenvalue weighted by Gasteiger charge is 2.32. The van der Waals surface area contributed by atoms with Gasteiger partial charge in [-0.3, -0.25) is 9.58 Å². The molecule has 41 heavy (non-hydrogen) atoms. The van der Waals surface area contributed by atoms with Crippen molar-refractivity contribution in [2.75, 3.05) is 62.3 Å². The van der Waals surface area contributed by atoms with Crippen LogP contribution in [0.25, 0.3) is 11.1 Å². The molecule has 1 unspecified atom stereocenters. The fraction of sp³-hybridized carbons (Fsp3) is 0.448. The average molecular weight is 609 g/mol. The van der Waals surface area contributed by atoms with E-state index in [-0.39, 0.29) is 18.4 Å². The number of aromatic nitrogens is 2. The van der Waals surface area contributed by atoms with Crippen LogP contribution in [0.3, 0.4) is 0 Å². The summed E-state index contributed by atoms with van der Waals surface area (Å²) in [6.45, 7) is 6.86. The van der Waals surface area contributed by atoms with Crippen LogP contribution in [0.1, 0.15) is 41.4 Å². The van der Waals surface area contributed by atoms with E-state index < -0.39 is 23.7 Å². The van der Waals surface area contributed by atoms with E-state index in [1.165, 1.54) is 10.4 Å². The Bertz CT molecular complexity index is 1360. The van der Waals surface area contributed by atoms with E-state index >= 15 is 0 Å². The van der Waals surface area contributed by atoms with E-state index in [1.54, 1.807) is 0 Å². The van der Waals surface area contributed by atoms with Gasteiger partial charge in [-0.2, -0.15) is 5.10 Å². The van der Waals surface area contributed by atoms with E-state index in [2.05, 4.69) is 44.1 Å². The third-order valence-electron chi connectivity index (χ3n) is 8.31. The monoisotopic (exact) mass is 607 g/mol. The largest absolute Gasteiger partial charge is 0.478 e. The molecule has 3 aromatic rings. The molecule has 0 bridgehead atoms. The smallest absolute Gasteiger partial charge is 0.339 e. The molecule has 3 aliphatic rings. The number of benzene rings is 2. The van der Waals surface area contributed by atoms with Gasteiger partial charge in [0.15, 0.2) is 0 Å². The van der Waals surface area contributed by atoms with Crippen LogP contribution in [0, 0.1) is 0 Å². The summed E-state index contributed by atoms with van der Waals surface area (Å²) in [5.41, 5.74) is 3.17. The highest BCUT2D eigenvalue weighted by atomic mass is 35.5. The minimum atomic E-state index is -2.93. The number of hydrogen-bond donors (Lipinski definition) is 1. The Balaban J connectivity index is 0.00000337. The molecular weight excluding hydrogens is 575 g/mol. The number of piperazine rings is 1. The number of aromatic carboxylic acids is 1. The summed E-state index contributed by atoms with van der Waals surface area (Å²) in [5.74, 6) is -1.40. The molecule has 3 fully saturated rings. The molecule has 0 radical (unpaired) electrons. The second-order valence-corrected chi connectivity index (χ2v) is 11.1. The number of nitrogens with zero attached hydrogens (tertiary/aromatic N) is 5. The van der Waals surface area contributed by atoms with Gasteiger partial charge in [-0.1, -0.05) is 29.8 Å². The Morgan fingerprint density at radius 1 is 1.00 bits per heavy atom. The minimum Gasteiger partial charge on any atom is -0.478 e. The molecule has 12 heteroatoms. The molecule has 6 rings (SSSR count). The maximum absolute atomic E-state index is 13.9. The maximum atomic E-state index is 13.9. The quantitative estimate of drug-likeness (QED) is 0.373. The summed E-state index contributed by atoms with van der Waals surface area (Å²) in [6.07, 6.45) is -0.529. The highest BCUT2D eigenvalue weighted by Crippen LogP contribution is 2.38. The van der Waals surface area contributed by atoms with Crippen molar-refractivity contribution in [3.05, 3.63) is 64.9 Å². The van der Waals surface area contributed by atoms with Gasteiger partial charge in [-0.15, -0.1) is 12.4 Å². The van der Waals surface area contributed by atoms with Crippen molar-refractivity contribution in [2.45, 2.75) is 31.4 Å². The zero-order chi connectivity index (χ0) is 27.8. The predicted octanol–water partition coefficient (Wildman–Crippen LogP) is 5.62. The van der Waals surface area contributed by atoms with Gasteiger partial charge < -0.3 is 19.6 Å². The lowest BCUT2D eigenvalue weighted by molar-refractivity contribution is -0.0660. The van der Waals surface area contributed by atoms with Crippen LogP contribution in [-0.4, -0.2) is 84.3 Å². The summed E-state index contributed by atoms with van der Waals surface area (Å²) in [4.78, 5) is 18.6. The van der Waals surface area contributed by atoms with Crippen molar-refractivity contribution in [3.8, 4) is 11.1 Å². The third kappa shape index (κ3) is 6.02. The standard InChI is InChI=1S/C29H32ClF2N5O3.ClH/c30-20-5-8-24(19-3-6-21(7-4-19)34-10-12-35(13-11-34)23-17-40-18-23)26(14-20)36-9-1-2-22(16-36)37-27(28(31)32)25(15-33-37)29(38)39;/h3-8,14-15,22-23,28H,1-2,9-13,16-18H2,(H,38,39);1H. The Morgan fingerprint density at radius 2 is 1.73 bits per heavy atom. The minimum absolute atomic E-state index is 0. The van der Waals surface area contributed by atoms with Gasteiger partial charge in [0.25, 0.3) is 6.43 Å². The van der Waals surface area contributed by atoms with Crippen molar-refractivity contribution in [3.63, 3.8) is 0 Å². The normalized spacial score (nSPS) is 20.1. The van der Waals surface area contributed by atoms with Crippen molar-refractivity contribution in [1.29, 1.82) is 0 Å². The molecule has 1 N–H and O–H groups in total. The number of hydrogen-bond acceptors (Lipinski definition) is 6. The van der Waals surface area contributed by atoms with E-state index in [4.69, 9.17) is 16.3 Å². The molecule has 220 valence electrons. The number of piperidine rings is 1. The molecule has 4 heterocycles. The highest BCUT2D eigenvalue weighted by molar-refractivity contribution is 6.31. The van der Waals surface area contributed by atoms with Crippen LogP contribution < -0.4 is 9.80 Å². The molecule has 3 saturated heterocycles. The van der Waals surface area contributed by atoms with Gasteiger partial charge in [0.05, 0.1) is 31.5 Å². The summed E-state index contributed by atoms with van der Waals surface area (Å²) in [5, 5.41) is 14.0. The average Bonchev–Trinajstić information content (AvgIpc) is 3.39. The lowest BCUT2D eigenvalue weighted by atomic mass is 9.99. The number of alkyl halides is 2. The molecule has 8 nitrogen and oxygen atoms in total. The Labute approximate surface area is 248 Å². The first-order valence-corrected chi connectivity index (χ1v) is 14.1. The molecule has 0 aliphatic carbocycles. The van der Waals surface area contributed by atoms with E-state index in [0.717, 1.165) is 75.4 Å². The maximum Gasteiger partial charge on any atom is 0.339 e. The van der Waals surface area contributed by atoms with Gasteiger partial charge in [-0.25, -0.2) is 13.6 Å². The molecule has 1 aromatic heterocycles. The number of anilines is 2. The lowest BCUT2D eigenvalue weighted by Gasteiger charge is -2.43. The molecule has 3 aliphatic heterocycles. The fourth-order valence-corrected chi connectivity index (χ4v) is 6.23. The van der Waals surface area contributed by atoms with Crippen LogP contribution in [0.4, 0.5) is 20.2 Å². The summed E-state index contributed by atoms with van der Waals surface area (Å²) >= 11 is 6.43. The first kappa shape index (κ1) is 29.6. The first-order valence-electron chi connectivity index (χ1n) is 13.7. The zero-order valence-electron chi connectivity index (χ0n) is 22.5. The number of halogens is 4. The van der Waals surface area contributed by atoms with Crippen molar-refractivity contribution in [1.82, 2.24) is 14.7 Å². The number of carboxylic acid groups (broad SMARTS) is 1. The Morgan fingerprint density at radius 3 is 2.37 bits per heavy atom. The Hall–Kier alpha value is -2.92. The number of ether oxygens (including phenoxy) is 1. The van der Waals surface area contributed by atoms with Crippen LogP contribution in [-0.2, 0) is 4.74 Å². The van der Waals surface area contributed by atoms with Crippen LogP contribution >= 0.6 is 24.0 Å². The van der Waals surface area contributed by atoms with Gasteiger partial charge in [-0.05, 0) is 42.7 Å². The van der Waals surface area contributed by atoms with Gasteiger partial charge in [0, 0.05) is 61.2 Å². The molecule has 1 atom stereocenters. The van der Waals surface area contributed by atoms with E-state index in [1.807, 2.05) is 18.2 Å². The van der Waals surface area contributed by atoms with Gasteiger partial charge >= 0.3 is 5.97 Å². The second-order valence-electron chi connectivity index (χ2n) is 10.7. The lowest BCUT2D eigenvalue weighted by Crippen LogP contribution is -2.56. The van der Waals surface area contributed by atoms with E-state index in [0.29, 0.717) is 24.0 Å². The summed E-state index contributed by atoms with van der Waals surface area (Å²) in [6, 6.07) is 14.5. The summed E-state index contributed by atoms with van der Waals surface area (Å²) < 4.78 is 34.3. The van der Waals surface area contributed by atoms with Crippen molar-refractivity contribution < 1.29 is 23.4 Å². The Kier molecular flexibility index (Phi) is 9.03. The predicted molar refractivity (Wildman–Crippen MR) is 157 cm³/mol. The zero-order valence-corrected chi connectivity index (χ0v) is 24.0. The van der Waals surface area contributed by atoms with Crippen LogP contribution in [0.15, 0.2) is 48.7 Å². The SMILES string of the molecule is Cl.O=C(O)c1cnn(C2CCCN(c3cc(Cl)ccc3-c3ccc(N4CCN(C5COC5)CC4)cc3)C2)c1C(F)F. The molecular formula is C29H33Cl2F2N5O3. The summed E-state index contributed by atoms with van der Waals surface area (Å²) in [7, 11) is 0. The molecule has 0 amide bonds.